The summed E-state index contributed by atoms with van der Waals surface area (Å²) in [5, 5.41) is 12.5. The van der Waals surface area contributed by atoms with Crippen LogP contribution in [0.25, 0.3) is 10.9 Å². The monoisotopic (exact) mass is 492 g/mol. The number of nitrogens with one attached hydrogen (secondary N) is 1. The minimum absolute atomic E-state index is 0.0611. The molecule has 0 radical (unpaired) electrons. The van der Waals surface area contributed by atoms with Gasteiger partial charge in [0.25, 0.3) is 0 Å². The molecule has 0 fully saturated rings. The second-order valence-corrected chi connectivity index (χ2v) is 16.7. The zero-order valence-corrected chi connectivity index (χ0v) is 23.4. The van der Waals surface area contributed by atoms with E-state index in [-0.39, 0.29) is 23.9 Å². The highest BCUT2D eigenvalue weighted by Gasteiger charge is 2.47. The van der Waals surface area contributed by atoms with Gasteiger partial charge in [-0.25, -0.2) is 4.79 Å². The molecule has 188 valence electrons. The molecule has 1 aromatic carbocycles. The molecule has 2 aliphatic rings. The van der Waals surface area contributed by atoms with Gasteiger partial charge in [-0.05, 0) is 41.6 Å². The van der Waals surface area contributed by atoms with Gasteiger partial charge in [-0.2, -0.15) is 0 Å². The molecule has 2 aliphatic heterocycles. The molecule has 2 aromatic rings. The van der Waals surface area contributed by atoms with Gasteiger partial charge in [-0.1, -0.05) is 65.7 Å². The lowest BCUT2D eigenvalue weighted by atomic mass is 9.81. The Hall–Kier alpha value is -2.49. The minimum atomic E-state index is -1.89. The zero-order valence-electron chi connectivity index (χ0n) is 22.4. The van der Waals surface area contributed by atoms with Gasteiger partial charge in [0.15, 0.2) is 0 Å². The van der Waals surface area contributed by atoms with Crippen molar-refractivity contribution in [1.82, 2.24) is 9.88 Å². The summed E-state index contributed by atoms with van der Waals surface area (Å²) >= 11 is 0. The van der Waals surface area contributed by atoms with Crippen molar-refractivity contribution in [3.8, 4) is 11.5 Å². The van der Waals surface area contributed by atoms with Crippen molar-refractivity contribution in [3.63, 3.8) is 0 Å². The molecule has 3 atom stereocenters. The normalized spacial score (nSPS) is 21.3. The lowest BCUT2D eigenvalue weighted by molar-refractivity contribution is -0.137. The number of aromatic amines is 1. The first-order chi connectivity index (χ1) is 16.5. The van der Waals surface area contributed by atoms with E-state index in [0.29, 0.717) is 35.0 Å². The molecule has 0 amide bonds. The van der Waals surface area contributed by atoms with E-state index < -0.39 is 14.0 Å². The minimum Gasteiger partial charge on any atom is -0.510 e. The van der Waals surface area contributed by atoms with Crippen molar-refractivity contribution in [2.45, 2.75) is 96.1 Å². The number of aliphatic hydroxyl groups is 1. The average molecular weight is 493 g/mol. The predicted molar refractivity (Wildman–Crippen MR) is 145 cm³/mol. The Morgan fingerprint density at radius 2 is 1.69 bits per heavy atom. The van der Waals surface area contributed by atoms with Crippen LogP contribution in [-0.4, -0.2) is 48.2 Å². The first-order valence-electron chi connectivity index (χ1n) is 12.9. The van der Waals surface area contributed by atoms with Crippen molar-refractivity contribution in [2.24, 2.45) is 0 Å². The Kier molecular flexibility index (Phi) is 6.96. The van der Waals surface area contributed by atoms with Crippen molar-refractivity contribution in [3.05, 3.63) is 46.9 Å². The van der Waals surface area contributed by atoms with Gasteiger partial charge in [0, 0.05) is 23.0 Å². The summed E-state index contributed by atoms with van der Waals surface area (Å²) in [4.78, 5) is 18.5. The number of aliphatic hydroxyl groups excluding tert-OH is 1. The Labute approximate surface area is 210 Å². The van der Waals surface area contributed by atoms with Gasteiger partial charge < -0.3 is 14.8 Å². The van der Waals surface area contributed by atoms with E-state index >= 15 is 0 Å². The smallest absolute Gasteiger partial charge is 0.337 e. The number of H-pyrrole nitrogens is 1. The molecule has 0 aliphatic carbocycles. The number of nitrogens with zero attached hydrogens (tertiary/aromatic N) is 1. The first kappa shape index (κ1) is 25.6. The molecule has 1 aromatic heterocycles. The van der Waals surface area contributed by atoms with Gasteiger partial charge in [0.1, 0.15) is 13.8 Å². The van der Waals surface area contributed by atoms with Gasteiger partial charge in [0.2, 0.25) is 0 Å². The van der Waals surface area contributed by atoms with E-state index in [0.717, 1.165) is 11.2 Å². The Morgan fingerprint density at radius 3 is 2.29 bits per heavy atom. The summed E-state index contributed by atoms with van der Waals surface area (Å²) in [6, 6.07) is 7.88. The fourth-order valence-corrected chi connectivity index (χ4v) is 12.2. The molecule has 5 nitrogen and oxygen atoms in total. The van der Waals surface area contributed by atoms with Crippen molar-refractivity contribution >= 4 is 24.9 Å². The van der Waals surface area contributed by atoms with Gasteiger partial charge >= 0.3 is 5.97 Å². The number of esters is 1. The number of carbonyl (C=O) groups is 1. The second-order valence-electron chi connectivity index (χ2n) is 11.1. The largest absolute Gasteiger partial charge is 0.510 e. The highest BCUT2D eigenvalue weighted by molar-refractivity contribution is 6.90. The Balaban J connectivity index is 1.82. The molecule has 35 heavy (non-hydrogen) atoms. The molecule has 0 saturated carbocycles. The number of hydrogen-bond acceptors (Lipinski definition) is 4. The number of ether oxygens (including phenoxy) is 1. The summed E-state index contributed by atoms with van der Waals surface area (Å²) in [5.41, 5.74) is 9.39. The number of rotatable bonds is 5. The SMILES string of the molecule is COC(=O)C1=C(O)[C@H]2Cc3c([nH]c4ccccc34)[C@@H](C1)N2[C@@H](C)C#C[Si](C(C)C)(C(C)C)C(C)C. The third kappa shape index (κ3) is 4.03. The molecule has 4 rings (SSSR count). The van der Waals surface area contributed by atoms with Crippen LogP contribution in [0, 0.1) is 11.5 Å². The van der Waals surface area contributed by atoms with E-state index in [1.165, 1.54) is 18.1 Å². The van der Waals surface area contributed by atoms with Crippen LogP contribution in [0.15, 0.2) is 35.6 Å². The van der Waals surface area contributed by atoms with Crippen LogP contribution >= 0.6 is 0 Å². The van der Waals surface area contributed by atoms with E-state index in [2.05, 4.69) is 88.0 Å². The topological polar surface area (TPSA) is 65.6 Å². The van der Waals surface area contributed by atoms with Crippen LogP contribution in [0.3, 0.4) is 0 Å². The Morgan fingerprint density at radius 1 is 1.06 bits per heavy atom. The lowest BCUT2D eigenvalue weighted by Gasteiger charge is -2.47. The van der Waals surface area contributed by atoms with Crippen molar-refractivity contribution < 1.29 is 14.6 Å². The highest BCUT2D eigenvalue weighted by Crippen LogP contribution is 2.47. The van der Waals surface area contributed by atoms with E-state index in [9.17, 15) is 9.90 Å². The molecular formula is C29H40N2O3Si. The molecule has 2 bridgehead atoms. The van der Waals surface area contributed by atoms with E-state index in [4.69, 9.17) is 4.74 Å². The number of benzene rings is 1. The average Bonchev–Trinajstić information content (AvgIpc) is 3.18. The van der Waals surface area contributed by atoms with Crippen LogP contribution in [0.2, 0.25) is 16.6 Å². The summed E-state index contributed by atoms with van der Waals surface area (Å²) in [7, 11) is -0.510. The van der Waals surface area contributed by atoms with Gasteiger partial charge in [0.05, 0.1) is 30.8 Å². The van der Waals surface area contributed by atoms with E-state index in [1.54, 1.807) is 0 Å². The van der Waals surface area contributed by atoms with Crippen LogP contribution in [0.5, 0.6) is 0 Å². The molecule has 0 unspecified atom stereocenters. The first-order valence-corrected chi connectivity index (χ1v) is 15.2. The summed E-state index contributed by atoms with van der Waals surface area (Å²) in [6.45, 7) is 16.1. The standard InChI is InChI=1S/C29H40N2O3Si/c1-17(2)35(18(3)4,19(5)6)14-13-20(7)31-25-16-23(29(33)34-8)28(32)26(31)15-22-21-11-9-10-12-24(21)30-27(22)25/h9-12,17-20,25-26,30,32H,15-16H2,1-8H3/t20-,25+,26+/m0/s1. The molecule has 3 heterocycles. The zero-order chi connectivity index (χ0) is 25.7. The quantitative estimate of drug-likeness (QED) is 0.287. The number of hydrogen-bond donors (Lipinski definition) is 2. The maximum absolute atomic E-state index is 12.6. The molecule has 6 heteroatoms. The second kappa shape index (κ2) is 9.52. The third-order valence-corrected chi connectivity index (χ3v) is 14.9. The highest BCUT2D eigenvalue weighted by atomic mass is 28.3. The van der Waals surface area contributed by atoms with Crippen LogP contribution in [0.1, 0.15) is 72.2 Å². The molecule has 0 spiro atoms. The third-order valence-electron chi connectivity index (χ3n) is 8.56. The van der Waals surface area contributed by atoms with Crippen molar-refractivity contribution in [1.29, 1.82) is 0 Å². The maximum Gasteiger partial charge on any atom is 0.337 e. The van der Waals surface area contributed by atoms with E-state index in [1.807, 2.05) is 6.07 Å². The predicted octanol–water partition coefficient (Wildman–Crippen LogP) is 6.43. The molecule has 0 saturated heterocycles. The van der Waals surface area contributed by atoms with Gasteiger partial charge in [-0.15, -0.1) is 5.54 Å². The molecule has 2 N–H and O–H groups in total. The number of para-hydroxylation sites is 1. The van der Waals surface area contributed by atoms with Crippen LogP contribution < -0.4 is 0 Å². The van der Waals surface area contributed by atoms with Crippen LogP contribution in [0.4, 0.5) is 0 Å². The Bertz CT molecular complexity index is 1190. The van der Waals surface area contributed by atoms with Gasteiger partial charge in [-0.3, -0.25) is 4.90 Å². The number of fused-ring (bicyclic) bond motifs is 6. The summed E-state index contributed by atoms with van der Waals surface area (Å²) in [6.07, 6.45) is 1.04. The number of carbonyl (C=O) groups excluding carboxylic acids is 1. The number of aromatic nitrogens is 1. The van der Waals surface area contributed by atoms with Crippen LogP contribution in [-0.2, 0) is 16.0 Å². The number of methoxy groups -OCH3 is 1. The molecular weight excluding hydrogens is 452 g/mol. The fraction of sp³-hybridized carbons (Fsp3) is 0.552. The maximum atomic E-state index is 12.6. The lowest BCUT2D eigenvalue weighted by Crippen LogP contribution is -2.52. The summed E-state index contributed by atoms with van der Waals surface area (Å²) in [5.74, 6) is 3.38. The summed E-state index contributed by atoms with van der Waals surface area (Å²) < 4.78 is 5.03. The fourth-order valence-electron chi connectivity index (χ4n) is 6.92. The van der Waals surface area contributed by atoms with Crippen molar-refractivity contribution in [2.75, 3.05) is 7.11 Å².